The van der Waals surface area contributed by atoms with E-state index in [1.54, 1.807) is 0 Å². The van der Waals surface area contributed by atoms with Crippen LogP contribution in [0.5, 0.6) is 0 Å². The molecular formula is C19H21BrN2OS. The molecule has 1 aliphatic heterocycles. The van der Waals surface area contributed by atoms with Crippen LogP contribution in [0.1, 0.15) is 28.8 Å². The fourth-order valence-corrected chi connectivity index (χ4v) is 4.84. The van der Waals surface area contributed by atoms with Gasteiger partial charge in [-0.3, -0.25) is 9.69 Å². The first-order valence-electron chi connectivity index (χ1n) is 8.49. The van der Waals surface area contributed by atoms with E-state index in [4.69, 9.17) is 0 Å². The Morgan fingerprint density at radius 3 is 3.00 bits per heavy atom. The Balaban J connectivity index is 1.31. The first kappa shape index (κ1) is 16.3. The number of halogens is 1. The van der Waals surface area contributed by atoms with Gasteiger partial charge in [-0.1, -0.05) is 28.1 Å². The molecule has 1 fully saturated rings. The van der Waals surface area contributed by atoms with Gasteiger partial charge in [0.05, 0.1) is 5.41 Å². The summed E-state index contributed by atoms with van der Waals surface area (Å²) in [5, 5.41) is 5.36. The first-order valence-corrected chi connectivity index (χ1v) is 10.2. The minimum absolute atomic E-state index is 0.189. The van der Waals surface area contributed by atoms with Gasteiger partial charge in [-0.25, -0.2) is 0 Å². The minimum Gasteiger partial charge on any atom is -0.354 e. The quantitative estimate of drug-likeness (QED) is 0.823. The molecule has 24 heavy (non-hydrogen) atoms. The first-order chi connectivity index (χ1) is 11.7. The summed E-state index contributed by atoms with van der Waals surface area (Å²) in [4.78, 5) is 16.7. The summed E-state index contributed by atoms with van der Waals surface area (Å²) in [6.45, 7) is 3.77. The highest BCUT2D eigenvalue weighted by molar-refractivity contribution is 9.10. The third-order valence-electron chi connectivity index (χ3n) is 5.16. The van der Waals surface area contributed by atoms with E-state index in [0.29, 0.717) is 0 Å². The fraction of sp³-hybridized carbons (Fsp3) is 0.421. The van der Waals surface area contributed by atoms with E-state index in [1.165, 1.54) is 10.4 Å². The normalized spacial score (nSPS) is 18.9. The van der Waals surface area contributed by atoms with E-state index >= 15 is 0 Å². The zero-order valence-electron chi connectivity index (χ0n) is 13.6. The van der Waals surface area contributed by atoms with Gasteiger partial charge >= 0.3 is 0 Å². The van der Waals surface area contributed by atoms with E-state index in [1.807, 2.05) is 23.5 Å². The molecule has 5 heteroatoms. The molecule has 0 saturated heterocycles. The van der Waals surface area contributed by atoms with E-state index in [9.17, 15) is 4.79 Å². The van der Waals surface area contributed by atoms with Crippen LogP contribution in [-0.2, 0) is 23.2 Å². The summed E-state index contributed by atoms with van der Waals surface area (Å²) in [5.41, 5.74) is 2.31. The Morgan fingerprint density at radius 1 is 1.33 bits per heavy atom. The van der Waals surface area contributed by atoms with Crippen LogP contribution in [0.15, 0.2) is 40.2 Å². The highest BCUT2D eigenvalue weighted by Crippen LogP contribution is 2.48. The molecular weight excluding hydrogens is 384 g/mol. The number of carbonyl (C=O) groups is 1. The van der Waals surface area contributed by atoms with Gasteiger partial charge in [0.25, 0.3) is 0 Å². The van der Waals surface area contributed by atoms with E-state index in [0.717, 1.165) is 55.5 Å². The Hall–Kier alpha value is -1.17. The molecule has 4 rings (SSSR count). The van der Waals surface area contributed by atoms with Crippen LogP contribution in [-0.4, -0.2) is 30.4 Å². The number of nitrogens with one attached hydrogen (secondary N) is 1. The summed E-state index contributed by atoms with van der Waals surface area (Å²) >= 11 is 5.37. The molecule has 1 aromatic carbocycles. The van der Waals surface area contributed by atoms with Gasteiger partial charge in [-0.2, -0.15) is 0 Å². The van der Waals surface area contributed by atoms with E-state index in [2.05, 4.69) is 49.7 Å². The van der Waals surface area contributed by atoms with Gasteiger partial charge in [-0.05, 0) is 54.0 Å². The third kappa shape index (κ3) is 3.17. The molecule has 3 nitrogen and oxygen atoms in total. The molecule has 2 heterocycles. The lowest BCUT2D eigenvalue weighted by molar-refractivity contribution is -0.123. The molecule has 2 aromatic rings. The van der Waals surface area contributed by atoms with Crippen molar-refractivity contribution >= 4 is 33.2 Å². The highest BCUT2D eigenvalue weighted by Gasteiger charge is 2.51. The predicted octanol–water partition coefficient (Wildman–Crippen LogP) is 3.72. The van der Waals surface area contributed by atoms with Crippen molar-refractivity contribution < 1.29 is 4.79 Å². The molecule has 1 N–H and O–H groups in total. The van der Waals surface area contributed by atoms with Crippen LogP contribution in [0, 0.1) is 0 Å². The minimum atomic E-state index is -0.286. The largest absolute Gasteiger partial charge is 0.354 e. The highest BCUT2D eigenvalue weighted by atomic mass is 79.9. The number of nitrogens with zero attached hydrogens (tertiary/aromatic N) is 1. The molecule has 126 valence electrons. The zero-order valence-corrected chi connectivity index (χ0v) is 16.0. The maximum atomic E-state index is 12.7. The molecule has 0 atom stereocenters. The second-order valence-electron chi connectivity index (χ2n) is 6.74. The van der Waals surface area contributed by atoms with Gasteiger partial charge in [0.2, 0.25) is 5.91 Å². The van der Waals surface area contributed by atoms with Gasteiger partial charge in [0, 0.05) is 35.5 Å². The van der Waals surface area contributed by atoms with Crippen molar-refractivity contribution in [3.63, 3.8) is 0 Å². The van der Waals surface area contributed by atoms with Crippen molar-refractivity contribution in [3.05, 3.63) is 56.2 Å². The van der Waals surface area contributed by atoms with Gasteiger partial charge in [0.15, 0.2) is 0 Å². The SMILES string of the molecule is O=C(NCCN1CCc2sccc2C1)C1(c2cccc(Br)c2)CC1. The topological polar surface area (TPSA) is 32.3 Å². The van der Waals surface area contributed by atoms with Crippen molar-refractivity contribution in [3.8, 4) is 0 Å². The fourth-order valence-electron chi connectivity index (χ4n) is 3.55. The van der Waals surface area contributed by atoms with Crippen LogP contribution in [0.25, 0.3) is 0 Å². The van der Waals surface area contributed by atoms with Crippen molar-refractivity contribution in [2.24, 2.45) is 0 Å². The third-order valence-corrected chi connectivity index (χ3v) is 6.68. The Morgan fingerprint density at radius 2 is 2.21 bits per heavy atom. The molecule has 1 amide bonds. The molecule has 1 aliphatic carbocycles. The predicted molar refractivity (Wildman–Crippen MR) is 101 cm³/mol. The average molecular weight is 405 g/mol. The summed E-state index contributed by atoms with van der Waals surface area (Å²) in [7, 11) is 0. The number of carbonyl (C=O) groups excluding carboxylic acids is 1. The number of benzene rings is 1. The number of amides is 1. The van der Waals surface area contributed by atoms with Gasteiger partial charge < -0.3 is 5.32 Å². The van der Waals surface area contributed by atoms with Crippen molar-refractivity contribution in [1.82, 2.24) is 10.2 Å². The summed E-state index contributed by atoms with van der Waals surface area (Å²) in [6.07, 6.45) is 3.05. The lowest BCUT2D eigenvalue weighted by atomic mass is 9.95. The average Bonchev–Trinajstić information content (AvgIpc) is 3.27. The van der Waals surface area contributed by atoms with Crippen molar-refractivity contribution in [1.29, 1.82) is 0 Å². The lowest BCUT2D eigenvalue weighted by Gasteiger charge is -2.27. The van der Waals surface area contributed by atoms with Crippen molar-refractivity contribution in [2.75, 3.05) is 19.6 Å². The van der Waals surface area contributed by atoms with Gasteiger partial charge in [-0.15, -0.1) is 11.3 Å². The maximum absolute atomic E-state index is 12.7. The second-order valence-corrected chi connectivity index (χ2v) is 8.66. The number of hydrogen-bond donors (Lipinski definition) is 1. The van der Waals surface area contributed by atoms with Crippen LogP contribution < -0.4 is 5.32 Å². The Bertz CT molecular complexity index is 753. The number of fused-ring (bicyclic) bond motifs is 1. The maximum Gasteiger partial charge on any atom is 0.230 e. The molecule has 0 unspecified atom stereocenters. The number of rotatable bonds is 5. The van der Waals surface area contributed by atoms with Crippen LogP contribution in [0.3, 0.4) is 0 Å². The van der Waals surface area contributed by atoms with E-state index in [-0.39, 0.29) is 11.3 Å². The van der Waals surface area contributed by atoms with Crippen LogP contribution >= 0.6 is 27.3 Å². The lowest BCUT2D eigenvalue weighted by Crippen LogP contribution is -2.41. The molecule has 0 spiro atoms. The smallest absolute Gasteiger partial charge is 0.230 e. The summed E-state index contributed by atoms with van der Waals surface area (Å²) in [6, 6.07) is 10.4. The summed E-state index contributed by atoms with van der Waals surface area (Å²) < 4.78 is 1.04. The van der Waals surface area contributed by atoms with E-state index < -0.39 is 0 Å². The zero-order chi connectivity index (χ0) is 16.6. The monoisotopic (exact) mass is 404 g/mol. The Kier molecular flexibility index (Phi) is 4.50. The standard InChI is InChI=1S/C19H21BrN2OS/c20-16-3-1-2-15(12-16)19(6-7-19)18(23)21-8-10-22-9-4-17-14(13-22)5-11-24-17/h1-3,5,11-12H,4,6-10,13H2,(H,21,23). The molecule has 1 saturated carbocycles. The molecule has 0 radical (unpaired) electrons. The number of thiophene rings is 1. The van der Waals surface area contributed by atoms with Crippen LogP contribution in [0.4, 0.5) is 0 Å². The van der Waals surface area contributed by atoms with Gasteiger partial charge in [0.1, 0.15) is 0 Å². The summed E-state index contributed by atoms with van der Waals surface area (Å²) in [5.74, 6) is 0.189. The molecule has 2 aliphatic rings. The number of hydrogen-bond acceptors (Lipinski definition) is 3. The van der Waals surface area contributed by atoms with Crippen molar-refractivity contribution in [2.45, 2.75) is 31.2 Å². The molecule has 1 aromatic heterocycles. The molecule has 0 bridgehead atoms. The van der Waals surface area contributed by atoms with Crippen LogP contribution in [0.2, 0.25) is 0 Å². The second kappa shape index (κ2) is 6.62. The Labute approximate surface area is 155 Å².